The van der Waals surface area contributed by atoms with Crippen molar-refractivity contribution in [3.63, 3.8) is 0 Å². The Morgan fingerprint density at radius 2 is 1.97 bits per heavy atom. The molecular weight excluding hydrogens is 386 g/mol. The summed E-state index contributed by atoms with van der Waals surface area (Å²) < 4.78 is 7.81. The monoisotopic (exact) mass is 415 g/mol. The van der Waals surface area contributed by atoms with Crippen LogP contribution >= 0.6 is 11.8 Å². The summed E-state index contributed by atoms with van der Waals surface area (Å²) in [6.07, 6.45) is 2.72. The molecule has 0 spiro atoms. The van der Waals surface area contributed by atoms with Crippen LogP contribution in [0.3, 0.4) is 0 Å². The molecular formula is C21H29N5O2S. The molecule has 156 valence electrons. The van der Waals surface area contributed by atoms with E-state index in [0.717, 1.165) is 62.4 Å². The SMILES string of the molecule is CCn1c(SCC(=O)N2CCN(C[C@H]3CCCO3)CC2)nnc1-c1ccccc1. The van der Waals surface area contributed by atoms with Gasteiger partial charge in [0.05, 0.1) is 11.9 Å². The Hall–Kier alpha value is -1.90. The molecule has 7 nitrogen and oxygen atoms in total. The third kappa shape index (κ3) is 4.99. The number of ether oxygens (including phenoxy) is 1. The molecule has 0 N–H and O–H groups in total. The second-order valence-electron chi connectivity index (χ2n) is 7.52. The smallest absolute Gasteiger partial charge is 0.233 e. The largest absolute Gasteiger partial charge is 0.377 e. The van der Waals surface area contributed by atoms with Gasteiger partial charge in [-0.1, -0.05) is 42.1 Å². The minimum absolute atomic E-state index is 0.179. The van der Waals surface area contributed by atoms with Gasteiger partial charge in [-0.3, -0.25) is 9.69 Å². The van der Waals surface area contributed by atoms with Gasteiger partial charge in [0.25, 0.3) is 0 Å². The van der Waals surface area contributed by atoms with Crippen molar-refractivity contribution in [3.05, 3.63) is 30.3 Å². The number of rotatable bonds is 7. The van der Waals surface area contributed by atoms with Crippen molar-refractivity contribution in [3.8, 4) is 11.4 Å². The Morgan fingerprint density at radius 1 is 1.17 bits per heavy atom. The molecule has 0 bridgehead atoms. The van der Waals surface area contributed by atoms with Gasteiger partial charge in [-0.25, -0.2) is 0 Å². The third-order valence-corrected chi connectivity index (χ3v) is 6.55. The Kier molecular flexibility index (Phi) is 6.84. The van der Waals surface area contributed by atoms with Gasteiger partial charge in [0, 0.05) is 51.4 Å². The van der Waals surface area contributed by atoms with Crippen molar-refractivity contribution in [1.82, 2.24) is 24.6 Å². The van der Waals surface area contributed by atoms with E-state index in [-0.39, 0.29) is 5.91 Å². The highest BCUT2D eigenvalue weighted by Gasteiger charge is 2.25. The van der Waals surface area contributed by atoms with Crippen LogP contribution in [0.5, 0.6) is 0 Å². The van der Waals surface area contributed by atoms with Crippen LogP contribution in [0, 0.1) is 0 Å². The van der Waals surface area contributed by atoms with Crippen molar-refractivity contribution in [2.24, 2.45) is 0 Å². The minimum Gasteiger partial charge on any atom is -0.377 e. The quantitative estimate of drug-likeness (QED) is 0.647. The summed E-state index contributed by atoms with van der Waals surface area (Å²) in [6, 6.07) is 10.1. The van der Waals surface area contributed by atoms with Gasteiger partial charge in [-0.05, 0) is 19.8 Å². The Balaban J connectivity index is 1.28. The standard InChI is InChI=1S/C21H29N5O2S/c1-2-26-20(17-7-4-3-5-8-17)22-23-21(26)29-16-19(27)25-12-10-24(11-13-25)15-18-9-6-14-28-18/h3-5,7-8,18H,2,6,9-16H2,1H3/t18-/m1/s1. The van der Waals surface area contributed by atoms with E-state index in [1.807, 2.05) is 35.2 Å². The molecule has 2 saturated heterocycles. The Labute approximate surface area is 176 Å². The number of benzene rings is 1. The van der Waals surface area contributed by atoms with Crippen LogP contribution in [0.2, 0.25) is 0 Å². The van der Waals surface area contributed by atoms with E-state index in [2.05, 4.69) is 26.6 Å². The predicted molar refractivity (Wildman–Crippen MR) is 114 cm³/mol. The first-order valence-corrected chi connectivity index (χ1v) is 11.5. The van der Waals surface area contributed by atoms with Gasteiger partial charge in [-0.2, -0.15) is 0 Å². The number of aromatic nitrogens is 3. The molecule has 3 heterocycles. The van der Waals surface area contributed by atoms with Crippen molar-refractivity contribution in [1.29, 1.82) is 0 Å². The highest BCUT2D eigenvalue weighted by atomic mass is 32.2. The van der Waals surface area contributed by atoms with Gasteiger partial charge in [0.1, 0.15) is 0 Å². The first kappa shape index (κ1) is 20.4. The van der Waals surface area contributed by atoms with Gasteiger partial charge >= 0.3 is 0 Å². The highest BCUT2D eigenvalue weighted by molar-refractivity contribution is 7.99. The van der Waals surface area contributed by atoms with Crippen molar-refractivity contribution < 1.29 is 9.53 Å². The van der Waals surface area contributed by atoms with Crippen LogP contribution in [0.1, 0.15) is 19.8 Å². The minimum atomic E-state index is 0.179. The molecule has 0 unspecified atom stereocenters. The first-order chi connectivity index (χ1) is 14.2. The summed E-state index contributed by atoms with van der Waals surface area (Å²) in [7, 11) is 0. The lowest BCUT2D eigenvalue weighted by molar-refractivity contribution is -0.130. The zero-order valence-electron chi connectivity index (χ0n) is 17.0. The molecule has 1 atom stereocenters. The molecule has 2 fully saturated rings. The number of hydrogen-bond acceptors (Lipinski definition) is 6. The zero-order valence-corrected chi connectivity index (χ0v) is 17.8. The summed E-state index contributed by atoms with van der Waals surface area (Å²) in [5.41, 5.74) is 1.04. The van der Waals surface area contributed by atoms with Crippen LogP contribution in [-0.2, 0) is 16.1 Å². The summed E-state index contributed by atoms with van der Waals surface area (Å²) in [4.78, 5) is 17.1. The number of amides is 1. The average molecular weight is 416 g/mol. The molecule has 29 heavy (non-hydrogen) atoms. The fourth-order valence-corrected chi connectivity index (χ4v) is 4.86. The van der Waals surface area contributed by atoms with Crippen molar-refractivity contribution in [2.45, 2.75) is 37.6 Å². The number of carbonyl (C=O) groups excluding carboxylic acids is 1. The fourth-order valence-electron chi connectivity index (χ4n) is 3.96. The molecule has 0 saturated carbocycles. The average Bonchev–Trinajstić information content (AvgIpc) is 3.42. The van der Waals surface area contributed by atoms with E-state index in [1.54, 1.807) is 0 Å². The maximum absolute atomic E-state index is 12.7. The topological polar surface area (TPSA) is 63.5 Å². The number of thioether (sulfide) groups is 1. The van der Waals surface area contributed by atoms with Gasteiger partial charge in [0.15, 0.2) is 11.0 Å². The molecule has 1 aromatic carbocycles. The zero-order chi connectivity index (χ0) is 20.1. The summed E-state index contributed by atoms with van der Waals surface area (Å²) in [5.74, 6) is 1.43. The first-order valence-electron chi connectivity index (χ1n) is 10.5. The van der Waals surface area contributed by atoms with E-state index < -0.39 is 0 Å². The maximum atomic E-state index is 12.7. The molecule has 8 heteroatoms. The van der Waals surface area contributed by atoms with E-state index in [4.69, 9.17) is 4.74 Å². The number of nitrogens with zero attached hydrogens (tertiary/aromatic N) is 5. The second-order valence-corrected chi connectivity index (χ2v) is 8.46. The lowest BCUT2D eigenvalue weighted by Gasteiger charge is -2.35. The van der Waals surface area contributed by atoms with E-state index in [0.29, 0.717) is 11.9 Å². The lowest BCUT2D eigenvalue weighted by atomic mass is 10.2. The molecule has 1 aromatic heterocycles. The summed E-state index contributed by atoms with van der Waals surface area (Å²) in [5, 5.41) is 9.49. The van der Waals surface area contributed by atoms with Gasteiger partial charge in [0.2, 0.25) is 5.91 Å². The van der Waals surface area contributed by atoms with Crippen LogP contribution < -0.4 is 0 Å². The summed E-state index contributed by atoms with van der Waals surface area (Å²) in [6.45, 7) is 8.20. The van der Waals surface area contributed by atoms with Crippen molar-refractivity contribution in [2.75, 3.05) is 45.1 Å². The molecule has 0 radical (unpaired) electrons. The molecule has 1 amide bonds. The highest BCUT2D eigenvalue weighted by Crippen LogP contribution is 2.24. The fraction of sp³-hybridized carbons (Fsp3) is 0.571. The third-order valence-electron chi connectivity index (χ3n) is 5.60. The lowest BCUT2D eigenvalue weighted by Crippen LogP contribution is -2.50. The number of carbonyl (C=O) groups is 1. The van der Waals surface area contributed by atoms with E-state index in [9.17, 15) is 4.79 Å². The van der Waals surface area contributed by atoms with E-state index in [1.165, 1.54) is 24.6 Å². The summed E-state index contributed by atoms with van der Waals surface area (Å²) >= 11 is 1.48. The Morgan fingerprint density at radius 3 is 2.66 bits per heavy atom. The maximum Gasteiger partial charge on any atom is 0.233 e. The molecule has 2 aromatic rings. The predicted octanol–water partition coefficient (Wildman–Crippen LogP) is 2.38. The molecule has 0 aliphatic carbocycles. The molecule has 2 aliphatic heterocycles. The van der Waals surface area contributed by atoms with E-state index >= 15 is 0 Å². The van der Waals surface area contributed by atoms with Crippen LogP contribution in [-0.4, -0.2) is 81.7 Å². The van der Waals surface area contributed by atoms with Crippen LogP contribution in [0.4, 0.5) is 0 Å². The second kappa shape index (κ2) is 9.73. The normalized spacial score (nSPS) is 20.3. The number of hydrogen-bond donors (Lipinski definition) is 0. The number of piperazine rings is 1. The van der Waals surface area contributed by atoms with Crippen molar-refractivity contribution >= 4 is 17.7 Å². The molecule has 4 rings (SSSR count). The Bertz CT molecular complexity index is 799. The van der Waals surface area contributed by atoms with Gasteiger partial charge < -0.3 is 14.2 Å². The van der Waals surface area contributed by atoms with Crippen LogP contribution in [0.15, 0.2) is 35.5 Å². The molecule has 2 aliphatic rings. The van der Waals surface area contributed by atoms with Gasteiger partial charge in [-0.15, -0.1) is 10.2 Å². The van der Waals surface area contributed by atoms with Crippen LogP contribution in [0.25, 0.3) is 11.4 Å².